The first-order valence-corrected chi connectivity index (χ1v) is 22.0. The molecule has 0 spiro atoms. The largest absolute Gasteiger partial charge is 0.489 e. The van der Waals surface area contributed by atoms with Gasteiger partial charge in [0.2, 0.25) is 17.8 Å². The molecule has 330 valence electrons. The number of anilines is 4. The molecule has 4 N–H and O–H groups in total. The summed E-state index contributed by atoms with van der Waals surface area (Å²) in [6.07, 6.45) is 6.93. The third-order valence-corrected chi connectivity index (χ3v) is 13.1. The normalized spacial score (nSPS) is 19.5. The number of halogens is 1. The van der Waals surface area contributed by atoms with Gasteiger partial charge in [-0.2, -0.15) is 4.98 Å². The van der Waals surface area contributed by atoms with Crippen LogP contribution in [0, 0.1) is 11.8 Å². The Morgan fingerprint density at radius 1 is 0.968 bits per heavy atom. The zero-order valence-corrected chi connectivity index (χ0v) is 35.7. The number of fused-ring (bicyclic) bond motifs is 1. The molecule has 5 aliphatic heterocycles. The number of aromatic nitrogens is 3. The van der Waals surface area contributed by atoms with E-state index in [1.807, 2.05) is 12.1 Å². The van der Waals surface area contributed by atoms with E-state index >= 15 is 0 Å². The Morgan fingerprint density at radius 2 is 1.76 bits per heavy atom. The third kappa shape index (κ3) is 8.61. The van der Waals surface area contributed by atoms with E-state index in [-0.39, 0.29) is 47.8 Å². The van der Waals surface area contributed by atoms with Crippen molar-refractivity contribution in [1.29, 1.82) is 0 Å². The topological polar surface area (TPSA) is 209 Å². The Balaban J connectivity index is 0.750. The van der Waals surface area contributed by atoms with Crippen molar-refractivity contribution in [3.05, 3.63) is 69.1 Å². The number of nitrogens with one attached hydrogen (secondary N) is 4. The first-order chi connectivity index (χ1) is 30.5. The number of hydrogen-bond acceptors (Lipinski definition) is 14. The van der Waals surface area contributed by atoms with Crippen LogP contribution >= 0.6 is 11.6 Å². The number of likely N-dealkylation sites (N-methyl/N-ethyl adjacent to an activating group) is 1. The number of hydrogen-bond donors (Lipinski definition) is 4. The Kier molecular flexibility index (Phi) is 11.9. The van der Waals surface area contributed by atoms with E-state index in [0.717, 1.165) is 69.7 Å². The van der Waals surface area contributed by atoms with Crippen LogP contribution in [-0.2, 0) is 20.9 Å². The van der Waals surface area contributed by atoms with E-state index in [9.17, 15) is 28.8 Å². The van der Waals surface area contributed by atoms with Crippen LogP contribution in [0.4, 0.5) is 23.1 Å². The van der Waals surface area contributed by atoms with Crippen molar-refractivity contribution >= 4 is 75.2 Å². The number of amides is 5. The first kappa shape index (κ1) is 42.1. The van der Waals surface area contributed by atoms with Gasteiger partial charge < -0.3 is 35.2 Å². The number of piperidine rings is 3. The molecule has 1 unspecified atom stereocenters. The molecule has 0 bridgehead atoms. The van der Waals surface area contributed by atoms with E-state index in [1.165, 1.54) is 7.05 Å². The van der Waals surface area contributed by atoms with Gasteiger partial charge in [0, 0.05) is 62.5 Å². The van der Waals surface area contributed by atoms with Crippen LogP contribution in [0.25, 0.3) is 10.9 Å². The molecule has 7 heterocycles. The highest BCUT2D eigenvalue weighted by Crippen LogP contribution is 2.37. The van der Waals surface area contributed by atoms with Crippen molar-refractivity contribution in [3.63, 3.8) is 0 Å². The van der Waals surface area contributed by atoms with Crippen molar-refractivity contribution in [2.75, 3.05) is 75.1 Å². The summed E-state index contributed by atoms with van der Waals surface area (Å²) in [5, 5.41) is 12.5. The molecule has 1 atom stereocenters. The highest BCUT2D eigenvalue weighted by atomic mass is 35.5. The van der Waals surface area contributed by atoms with Gasteiger partial charge in [0.05, 0.1) is 29.4 Å². The molecular weight excluding hydrogens is 832 g/mol. The number of carbonyl (C=O) groups is 5. The molecule has 2 aromatic carbocycles. The van der Waals surface area contributed by atoms with Gasteiger partial charge >= 0.3 is 0 Å². The van der Waals surface area contributed by atoms with Gasteiger partial charge in [-0.15, -0.1) is 0 Å². The summed E-state index contributed by atoms with van der Waals surface area (Å²) in [5.74, 6) is 0.375. The quantitative estimate of drug-likeness (QED) is 0.142. The molecule has 0 aliphatic carbocycles. The van der Waals surface area contributed by atoms with Crippen LogP contribution in [0.15, 0.2) is 47.4 Å². The van der Waals surface area contributed by atoms with E-state index in [0.29, 0.717) is 76.3 Å². The van der Waals surface area contributed by atoms with Crippen molar-refractivity contribution in [1.82, 2.24) is 35.0 Å². The predicted octanol–water partition coefficient (Wildman–Crippen LogP) is 3.54. The highest BCUT2D eigenvalue weighted by molar-refractivity contribution is 6.33. The van der Waals surface area contributed by atoms with Gasteiger partial charge in [-0.3, -0.25) is 43.6 Å². The molecule has 3 saturated heterocycles. The molecule has 3 fully saturated rings. The summed E-state index contributed by atoms with van der Waals surface area (Å²) in [6, 6.07) is 9.46. The van der Waals surface area contributed by atoms with Crippen molar-refractivity contribution in [3.8, 4) is 11.5 Å². The van der Waals surface area contributed by atoms with E-state index in [1.54, 1.807) is 35.0 Å². The van der Waals surface area contributed by atoms with E-state index in [4.69, 9.17) is 26.1 Å². The summed E-state index contributed by atoms with van der Waals surface area (Å²) in [6.45, 7) is 5.78. The molecule has 0 radical (unpaired) electrons. The minimum absolute atomic E-state index is 0.0764. The summed E-state index contributed by atoms with van der Waals surface area (Å²) in [5.41, 5.74) is 2.12. The Morgan fingerprint density at radius 3 is 2.54 bits per heavy atom. The van der Waals surface area contributed by atoms with Gasteiger partial charge in [0.15, 0.2) is 18.2 Å². The maximum atomic E-state index is 13.5. The molecule has 9 rings (SSSR count). The monoisotopic (exact) mass is 880 g/mol. The Hall–Kier alpha value is -6.27. The van der Waals surface area contributed by atoms with Crippen LogP contribution in [0.1, 0.15) is 65.7 Å². The van der Waals surface area contributed by atoms with Crippen LogP contribution in [0.3, 0.4) is 0 Å². The van der Waals surface area contributed by atoms with Crippen LogP contribution in [0.2, 0.25) is 5.02 Å². The Labute approximate surface area is 367 Å². The zero-order valence-electron chi connectivity index (χ0n) is 34.9. The van der Waals surface area contributed by atoms with Gasteiger partial charge in [0.1, 0.15) is 23.4 Å². The number of imide groups is 2. The van der Waals surface area contributed by atoms with Crippen LogP contribution < -0.4 is 41.2 Å². The lowest BCUT2D eigenvalue weighted by Crippen LogP contribution is -2.54. The number of carbonyl (C=O) groups excluding carboxylic acids is 5. The van der Waals surface area contributed by atoms with Gasteiger partial charge in [0.25, 0.3) is 23.3 Å². The second kappa shape index (κ2) is 17.8. The summed E-state index contributed by atoms with van der Waals surface area (Å²) >= 11 is 6.62. The molecule has 18 nitrogen and oxygen atoms in total. The maximum Gasteiger partial charge on any atom is 0.293 e. The van der Waals surface area contributed by atoms with E-state index < -0.39 is 29.7 Å². The predicted molar refractivity (Wildman–Crippen MR) is 234 cm³/mol. The second-order valence-corrected chi connectivity index (χ2v) is 17.2. The lowest BCUT2D eigenvalue weighted by atomic mass is 9.91. The minimum Gasteiger partial charge on any atom is -0.489 e. The van der Waals surface area contributed by atoms with Gasteiger partial charge in [-0.1, -0.05) is 17.7 Å². The molecule has 2 aromatic heterocycles. The molecule has 5 aliphatic rings. The molecule has 5 amide bonds. The SMILES string of the molecule is CNC(=O)COc1cc2cc(Nc3nc(N4CCC(CN5CCC(CCNc6cccc7c6C(=O)N(C6CCC(=O)NC6=O)C7=O)CC5)CC4)ncc3Cl)cc3c2n(c1=O)CCO3. The van der Waals surface area contributed by atoms with Crippen LogP contribution in [0.5, 0.6) is 11.5 Å². The van der Waals surface area contributed by atoms with Gasteiger partial charge in [-0.05, 0) is 87.7 Å². The second-order valence-electron chi connectivity index (χ2n) is 16.7. The number of rotatable bonds is 13. The molecule has 19 heteroatoms. The zero-order chi connectivity index (χ0) is 43.8. The number of pyridine rings is 1. The van der Waals surface area contributed by atoms with Crippen molar-refractivity contribution in [2.45, 2.75) is 57.5 Å². The molecule has 4 aromatic rings. The highest BCUT2D eigenvalue weighted by Gasteiger charge is 2.45. The third-order valence-electron chi connectivity index (χ3n) is 12.8. The maximum absolute atomic E-state index is 13.5. The number of nitrogens with zero attached hydrogens (tertiary/aromatic N) is 6. The standard InChI is InChI=1S/C44H49ClN10O8/c1-46-36(57)24-63-34-20-27-19-28(21-33-38(27)54(42(34)60)17-18-62-33)49-39-30(45)22-48-44(51-39)53-15-10-26(11-16-53)23-52-13-8-25(9-14-52)7-12-47-31-4-2-3-29-37(31)43(61)55(41(29)59)32-5-6-35(56)50-40(32)58/h2-4,19-22,25-26,32,47H,5-18,23-24H2,1H3,(H,46,57)(H,48,49,51)(H,50,56,58). The molecule has 0 saturated carbocycles. The fourth-order valence-corrected chi connectivity index (χ4v) is 9.51. The lowest BCUT2D eigenvalue weighted by Gasteiger charge is -2.37. The molecular formula is C44H49ClN10O8. The summed E-state index contributed by atoms with van der Waals surface area (Å²) < 4.78 is 13.2. The average Bonchev–Trinajstić information content (AvgIpc) is 3.54. The van der Waals surface area contributed by atoms with Gasteiger partial charge in [-0.25, -0.2) is 4.98 Å². The van der Waals surface area contributed by atoms with Crippen LogP contribution in [-0.4, -0.2) is 119 Å². The lowest BCUT2D eigenvalue weighted by molar-refractivity contribution is -0.136. The number of benzene rings is 2. The summed E-state index contributed by atoms with van der Waals surface area (Å²) in [7, 11) is 1.51. The fourth-order valence-electron chi connectivity index (χ4n) is 9.37. The minimum atomic E-state index is -0.993. The summed E-state index contributed by atoms with van der Waals surface area (Å²) in [4.78, 5) is 91.0. The number of ether oxygens (including phenoxy) is 2. The van der Waals surface area contributed by atoms with E-state index in [2.05, 4.69) is 36.1 Å². The first-order valence-electron chi connectivity index (χ1n) is 21.6. The molecule has 63 heavy (non-hydrogen) atoms. The number of likely N-dealkylation sites (tertiary alicyclic amines) is 1. The fraction of sp³-hybridized carbons (Fsp3) is 0.455. The Bertz CT molecular complexity index is 2550. The van der Waals surface area contributed by atoms with Crippen molar-refractivity contribution < 1.29 is 33.4 Å². The van der Waals surface area contributed by atoms with Crippen molar-refractivity contribution in [2.24, 2.45) is 11.8 Å². The average molecular weight is 881 g/mol. The smallest absolute Gasteiger partial charge is 0.293 e.